The van der Waals surface area contributed by atoms with Crippen molar-refractivity contribution >= 4 is 5.91 Å². The molecule has 4 nitrogen and oxygen atoms in total. The van der Waals surface area contributed by atoms with E-state index in [-0.39, 0.29) is 12.0 Å². The fourth-order valence-corrected chi connectivity index (χ4v) is 2.70. The van der Waals surface area contributed by atoms with Crippen LogP contribution in [0, 0.1) is 13.8 Å². The molecule has 27 heavy (non-hydrogen) atoms. The number of carbonyl (C=O) groups is 1. The summed E-state index contributed by atoms with van der Waals surface area (Å²) < 4.78 is 11.4. The molecule has 1 atom stereocenters. The Morgan fingerprint density at radius 2 is 1.59 bits per heavy atom. The molecule has 0 radical (unpaired) electrons. The van der Waals surface area contributed by atoms with Crippen LogP contribution in [-0.2, 0) is 11.2 Å². The zero-order chi connectivity index (χ0) is 19.8. The molecule has 0 heterocycles. The summed E-state index contributed by atoms with van der Waals surface area (Å²) in [6.45, 7) is 10.5. The maximum Gasteiger partial charge on any atom is 0.260 e. The lowest BCUT2D eigenvalue weighted by molar-refractivity contribution is -0.127. The number of hydrogen-bond donors (Lipinski definition) is 1. The van der Waals surface area contributed by atoms with Gasteiger partial charge in [0.2, 0.25) is 0 Å². The molecule has 0 bridgehead atoms. The van der Waals surface area contributed by atoms with Crippen molar-refractivity contribution in [2.45, 2.75) is 59.7 Å². The van der Waals surface area contributed by atoms with Gasteiger partial charge in [-0.05, 0) is 88.4 Å². The standard InChI is InChI=1S/C23H31NO3/c1-16(2)26-21-12-9-20(10-13-21)7-6-14-24-23(25)19(5)27-22-11-8-17(3)18(4)15-22/h8-13,15-16,19H,6-7,14H2,1-5H3,(H,24,25)/t19-/m1/s1. The molecule has 2 aromatic rings. The summed E-state index contributed by atoms with van der Waals surface area (Å²) in [6.07, 6.45) is 1.46. The van der Waals surface area contributed by atoms with Gasteiger partial charge < -0.3 is 14.8 Å². The van der Waals surface area contributed by atoms with E-state index in [9.17, 15) is 4.79 Å². The first-order valence-corrected chi connectivity index (χ1v) is 9.62. The number of rotatable bonds is 9. The van der Waals surface area contributed by atoms with Crippen LogP contribution in [-0.4, -0.2) is 24.7 Å². The minimum Gasteiger partial charge on any atom is -0.491 e. The third-order valence-electron chi connectivity index (χ3n) is 4.40. The summed E-state index contributed by atoms with van der Waals surface area (Å²) in [6, 6.07) is 14.0. The Bertz CT molecular complexity index is 738. The summed E-state index contributed by atoms with van der Waals surface area (Å²) in [5, 5.41) is 2.95. The molecule has 1 amide bonds. The van der Waals surface area contributed by atoms with Gasteiger partial charge in [0.05, 0.1) is 6.10 Å². The number of ether oxygens (including phenoxy) is 2. The molecule has 0 saturated heterocycles. The summed E-state index contributed by atoms with van der Waals surface area (Å²) in [7, 11) is 0. The molecule has 0 aliphatic rings. The average Bonchev–Trinajstić information content (AvgIpc) is 2.62. The predicted octanol–water partition coefficient (Wildman–Crippen LogP) is 4.61. The second kappa shape index (κ2) is 10.0. The van der Waals surface area contributed by atoms with E-state index >= 15 is 0 Å². The highest BCUT2D eigenvalue weighted by Crippen LogP contribution is 2.18. The Hall–Kier alpha value is -2.49. The lowest BCUT2D eigenvalue weighted by Gasteiger charge is -2.15. The van der Waals surface area contributed by atoms with Crippen molar-refractivity contribution in [1.82, 2.24) is 5.32 Å². The number of benzene rings is 2. The first-order chi connectivity index (χ1) is 12.8. The predicted molar refractivity (Wildman–Crippen MR) is 110 cm³/mol. The molecule has 0 spiro atoms. The average molecular weight is 370 g/mol. The van der Waals surface area contributed by atoms with E-state index in [1.807, 2.05) is 51.1 Å². The lowest BCUT2D eigenvalue weighted by Crippen LogP contribution is -2.36. The fourth-order valence-electron chi connectivity index (χ4n) is 2.70. The van der Waals surface area contributed by atoms with Crippen molar-refractivity contribution in [2.24, 2.45) is 0 Å². The van der Waals surface area contributed by atoms with Gasteiger partial charge in [0.25, 0.3) is 5.91 Å². The Balaban J connectivity index is 1.71. The largest absolute Gasteiger partial charge is 0.491 e. The van der Waals surface area contributed by atoms with Gasteiger partial charge in [-0.1, -0.05) is 18.2 Å². The number of nitrogens with one attached hydrogen (secondary N) is 1. The van der Waals surface area contributed by atoms with E-state index in [0.717, 1.165) is 29.9 Å². The molecule has 146 valence electrons. The first kappa shape index (κ1) is 20.8. The van der Waals surface area contributed by atoms with Crippen LogP contribution < -0.4 is 14.8 Å². The van der Waals surface area contributed by atoms with E-state index in [0.29, 0.717) is 6.54 Å². The Morgan fingerprint density at radius 1 is 0.926 bits per heavy atom. The van der Waals surface area contributed by atoms with Crippen LogP contribution in [0.1, 0.15) is 43.9 Å². The molecule has 0 aliphatic heterocycles. The number of amides is 1. The van der Waals surface area contributed by atoms with Crippen molar-refractivity contribution in [3.63, 3.8) is 0 Å². The van der Waals surface area contributed by atoms with Crippen LogP contribution in [0.25, 0.3) is 0 Å². The molecule has 0 unspecified atom stereocenters. The molecule has 1 N–H and O–H groups in total. The zero-order valence-electron chi connectivity index (χ0n) is 17.0. The monoisotopic (exact) mass is 369 g/mol. The molecular formula is C23H31NO3. The molecule has 2 aromatic carbocycles. The summed E-state index contributed by atoms with van der Waals surface area (Å²) in [5.41, 5.74) is 3.60. The van der Waals surface area contributed by atoms with Crippen molar-refractivity contribution in [2.75, 3.05) is 6.54 Å². The van der Waals surface area contributed by atoms with Crippen molar-refractivity contribution in [3.05, 3.63) is 59.2 Å². The minimum atomic E-state index is -0.514. The molecule has 0 saturated carbocycles. The maximum absolute atomic E-state index is 12.2. The molecule has 0 aliphatic carbocycles. The van der Waals surface area contributed by atoms with E-state index in [2.05, 4.69) is 24.4 Å². The maximum atomic E-state index is 12.2. The fraction of sp³-hybridized carbons (Fsp3) is 0.435. The van der Waals surface area contributed by atoms with Crippen LogP contribution in [0.15, 0.2) is 42.5 Å². The van der Waals surface area contributed by atoms with E-state index in [1.165, 1.54) is 11.1 Å². The molecule has 0 fully saturated rings. The Kier molecular flexibility index (Phi) is 7.71. The van der Waals surface area contributed by atoms with Crippen molar-refractivity contribution in [3.8, 4) is 11.5 Å². The van der Waals surface area contributed by atoms with Crippen LogP contribution in [0.4, 0.5) is 0 Å². The molecule has 4 heteroatoms. The molecule has 0 aromatic heterocycles. The third-order valence-corrected chi connectivity index (χ3v) is 4.40. The second-order valence-corrected chi connectivity index (χ2v) is 7.21. The topological polar surface area (TPSA) is 47.6 Å². The van der Waals surface area contributed by atoms with Crippen LogP contribution in [0.5, 0.6) is 11.5 Å². The zero-order valence-corrected chi connectivity index (χ0v) is 17.0. The van der Waals surface area contributed by atoms with Crippen LogP contribution in [0.2, 0.25) is 0 Å². The third kappa shape index (κ3) is 6.97. The molecule has 2 rings (SSSR count). The second-order valence-electron chi connectivity index (χ2n) is 7.21. The van der Waals surface area contributed by atoms with Gasteiger partial charge in [0.1, 0.15) is 11.5 Å². The van der Waals surface area contributed by atoms with E-state index in [4.69, 9.17) is 9.47 Å². The van der Waals surface area contributed by atoms with Gasteiger partial charge in [-0.2, -0.15) is 0 Å². The van der Waals surface area contributed by atoms with Gasteiger partial charge >= 0.3 is 0 Å². The van der Waals surface area contributed by atoms with Crippen LogP contribution >= 0.6 is 0 Å². The lowest BCUT2D eigenvalue weighted by atomic mass is 10.1. The quantitative estimate of drug-likeness (QED) is 0.657. The number of carbonyl (C=O) groups excluding carboxylic acids is 1. The smallest absolute Gasteiger partial charge is 0.260 e. The normalized spacial score (nSPS) is 11.9. The van der Waals surface area contributed by atoms with Gasteiger partial charge in [0, 0.05) is 6.54 Å². The Morgan fingerprint density at radius 3 is 2.22 bits per heavy atom. The van der Waals surface area contributed by atoms with E-state index < -0.39 is 6.10 Å². The summed E-state index contributed by atoms with van der Waals surface area (Å²) >= 11 is 0. The highest BCUT2D eigenvalue weighted by Gasteiger charge is 2.14. The number of hydrogen-bond acceptors (Lipinski definition) is 3. The highest BCUT2D eigenvalue weighted by molar-refractivity contribution is 5.80. The first-order valence-electron chi connectivity index (χ1n) is 9.62. The highest BCUT2D eigenvalue weighted by atomic mass is 16.5. The van der Waals surface area contributed by atoms with Gasteiger partial charge in [-0.25, -0.2) is 0 Å². The van der Waals surface area contributed by atoms with Gasteiger partial charge in [0.15, 0.2) is 6.10 Å². The number of aryl methyl sites for hydroxylation is 3. The van der Waals surface area contributed by atoms with Crippen molar-refractivity contribution < 1.29 is 14.3 Å². The molecular weight excluding hydrogens is 338 g/mol. The summed E-state index contributed by atoms with van der Waals surface area (Å²) in [5.74, 6) is 1.53. The van der Waals surface area contributed by atoms with E-state index in [1.54, 1.807) is 6.92 Å². The SMILES string of the molecule is Cc1ccc(O[C@H](C)C(=O)NCCCc2ccc(OC(C)C)cc2)cc1C. The minimum absolute atomic E-state index is 0.0890. The van der Waals surface area contributed by atoms with Crippen molar-refractivity contribution in [1.29, 1.82) is 0 Å². The van der Waals surface area contributed by atoms with Crippen LogP contribution in [0.3, 0.4) is 0 Å². The van der Waals surface area contributed by atoms with Gasteiger partial charge in [-0.3, -0.25) is 4.79 Å². The Labute approximate surface area is 162 Å². The van der Waals surface area contributed by atoms with Gasteiger partial charge in [-0.15, -0.1) is 0 Å². The summed E-state index contributed by atoms with van der Waals surface area (Å²) in [4.78, 5) is 12.2.